The Hall–Kier alpha value is -2.94. The summed E-state index contributed by atoms with van der Waals surface area (Å²) in [6.45, 7) is 2.72. The number of amides is 1. The minimum atomic E-state index is -1.54. The van der Waals surface area contributed by atoms with Gasteiger partial charge in [0, 0.05) is 18.7 Å². The molecule has 0 radical (unpaired) electrons. The average Bonchev–Trinajstić information content (AvgIpc) is 2.86. The summed E-state index contributed by atoms with van der Waals surface area (Å²) in [5, 5.41) is 0.370. The fourth-order valence-corrected chi connectivity index (χ4v) is 3.87. The summed E-state index contributed by atoms with van der Waals surface area (Å²) in [7, 11) is 0. The molecule has 3 aromatic rings. The van der Waals surface area contributed by atoms with Crippen molar-refractivity contribution >= 4 is 17.5 Å². The summed E-state index contributed by atoms with van der Waals surface area (Å²) < 4.78 is 16.6. The zero-order chi connectivity index (χ0) is 24.0. The molecule has 1 aliphatic heterocycles. The molecular weight excluding hydrogens is 454 g/mol. The van der Waals surface area contributed by atoms with Crippen molar-refractivity contribution in [1.29, 1.82) is 0 Å². The Bertz CT molecular complexity index is 1100. The number of rotatable bonds is 8. The quantitative estimate of drug-likeness (QED) is 0.476. The second-order valence-corrected chi connectivity index (χ2v) is 8.57. The van der Waals surface area contributed by atoms with Crippen LogP contribution in [-0.4, -0.2) is 49.6 Å². The Balaban J connectivity index is 1.37. The van der Waals surface area contributed by atoms with Gasteiger partial charge < -0.3 is 19.1 Å². The number of carbonyl (C=O) groups excluding carboxylic acids is 1. The highest BCUT2D eigenvalue weighted by Gasteiger charge is 2.23. The molecule has 1 saturated heterocycles. The van der Waals surface area contributed by atoms with Crippen molar-refractivity contribution in [2.45, 2.75) is 12.5 Å². The molecule has 0 unspecified atom stereocenters. The largest absolute Gasteiger partial charge is 0.456 e. The van der Waals surface area contributed by atoms with Crippen LogP contribution in [0.5, 0.6) is 5.75 Å². The van der Waals surface area contributed by atoms with E-state index in [1.54, 1.807) is 17.0 Å². The molecule has 7 nitrogen and oxygen atoms in total. The van der Waals surface area contributed by atoms with Crippen LogP contribution in [0.25, 0.3) is 11.1 Å². The molecule has 1 amide bonds. The minimum Gasteiger partial charge on any atom is -0.456 e. The summed E-state index contributed by atoms with van der Waals surface area (Å²) in [6, 6.07) is 22.5. The highest BCUT2D eigenvalue weighted by atomic mass is 35.5. The number of carbonyl (C=O) groups is 1. The Morgan fingerprint density at radius 2 is 1.65 bits per heavy atom. The third-order valence-corrected chi connectivity index (χ3v) is 5.73. The molecule has 1 fully saturated rings. The van der Waals surface area contributed by atoms with Crippen molar-refractivity contribution in [3.8, 4) is 16.9 Å². The normalized spacial score (nSPS) is 14.1. The van der Waals surface area contributed by atoms with E-state index in [2.05, 4.69) is 0 Å². The maximum atomic E-state index is 12.6. The first-order chi connectivity index (χ1) is 16.4. The second kappa shape index (κ2) is 11.0. The topological polar surface area (TPSA) is 100 Å². The fourth-order valence-electron chi connectivity index (χ4n) is 3.65. The molecule has 34 heavy (non-hydrogen) atoms. The summed E-state index contributed by atoms with van der Waals surface area (Å²) in [6.07, 6.45) is 0. The number of benzene rings is 3. The Morgan fingerprint density at radius 1 is 0.971 bits per heavy atom. The van der Waals surface area contributed by atoms with Crippen LogP contribution in [0.3, 0.4) is 0 Å². The van der Waals surface area contributed by atoms with Gasteiger partial charge in [-0.25, -0.2) is 0 Å². The van der Waals surface area contributed by atoms with Crippen molar-refractivity contribution in [2.24, 2.45) is 11.5 Å². The van der Waals surface area contributed by atoms with Gasteiger partial charge in [0.1, 0.15) is 12.4 Å². The number of nitrogens with zero attached hydrogens (tertiary/aromatic N) is 1. The zero-order valence-corrected chi connectivity index (χ0v) is 19.5. The predicted octanol–water partition coefficient (Wildman–Crippen LogP) is 3.65. The minimum absolute atomic E-state index is 0.00773. The number of nitrogens with two attached hydrogens (primary N) is 2. The molecule has 0 atom stereocenters. The Morgan fingerprint density at radius 3 is 2.32 bits per heavy atom. The highest BCUT2D eigenvalue weighted by molar-refractivity contribution is 6.32. The molecule has 0 saturated carbocycles. The van der Waals surface area contributed by atoms with Crippen LogP contribution in [0.1, 0.15) is 15.9 Å². The maximum Gasteiger partial charge on any atom is 0.254 e. The molecule has 1 aliphatic rings. The lowest BCUT2D eigenvalue weighted by atomic mass is 10.0. The van der Waals surface area contributed by atoms with Crippen LogP contribution in [0.4, 0.5) is 0 Å². The molecule has 0 spiro atoms. The van der Waals surface area contributed by atoms with E-state index in [0.29, 0.717) is 49.2 Å². The number of hydrogen-bond acceptors (Lipinski definition) is 6. The van der Waals surface area contributed by atoms with Crippen LogP contribution < -0.4 is 16.2 Å². The lowest BCUT2D eigenvalue weighted by molar-refractivity contribution is -0.0257. The predicted molar refractivity (Wildman–Crippen MR) is 131 cm³/mol. The first kappa shape index (κ1) is 24.2. The summed E-state index contributed by atoms with van der Waals surface area (Å²) >= 11 is 6.45. The number of halogens is 1. The number of hydrogen-bond donors (Lipinski definition) is 2. The van der Waals surface area contributed by atoms with Crippen molar-refractivity contribution < 1.29 is 19.0 Å². The first-order valence-corrected chi connectivity index (χ1v) is 11.4. The van der Waals surface area contributed by atoms with Crippen LogP contribution in [0.2, 0.25) is 5.02 Å². The van der Waals surface area contributed by atoms with E-state index in [0.717, 1.165) is 16.7 Å². The van der Waals surface area contributed by atoms with E-state index in [4.69, 9.17) is 37.3 Å². The van der Waals surface area contributed by atoms with Crippen molar-refractivity contribution in [2.75, 3.05) is 32.9 Å². The van der Waals surface area contributed by atoms with Crippen LogP contribution in [0, 0.1) is 0 Å². The molecule has 0 aliphatic carbocycles. The fraction of sp³-hybridized carbons (Fsp3) is 0.269. The average molecular weight is 482 g/mol. The molecule has 4 rings (SSSR count). The van der Waals surface area contributed by atoms with Crippen molar-refractivity contribution in [3.63, 3.8) is 0 Å². The molecule has 3 aromatic carbocycles. The van der Waals surface area contributed by atoms with E-state index >= 15 is 0 Å². The van der Waals surface area contributed by atoms with Gasteiger partial charge in [0.05, 0.1) is 24.8 Å². The van der Waals surface area contributed by atoms with Crippen LogP contribution >= 0.6 is 11.6 Å². The molecule has 1 heterocycles. The third kappa shape index (κ3) is 6.34. The maximum absolute atomic E-state index is 12.6. The molecule has 0 bridgehead atoms. The van der Waals surface area contributed by atoms with Gasteiger partial charge in [-0.2, -0.15) is 0 Å². The van der Waals surface area contributed by atoms with Gasteiger partial charge in [0.25, 0.3) is 5.91 Å². The number of ether oxygens (including phenoxy) is 3. The van der Waals surface area contributed by atoms with E-state index in [9.17, 15) is 4.79 Å². The zero-order valence-electron chi connectivity index (χ0n) is 18.8. The summed E-state index contributed by atoms with van der Waals surface area (Å²) in [5.74, 6) is -1.17. The third-order valence-electron chi connectivity index (χ3n) is 5.43. The lowest BCUT2D eigenvalue weighted by Crippen LogP contribution is -2.58. The lowest BCUT2D eigenvalue weighted by Gasteiger charge is -2.27. The molecular formula is C26H28ClN3O4. The van der Waals surface area contributed by atoms with Crippen molar-refractivity contribution in [1.82, 2.24) is 4.90 Å². The van der Waals surface area contributed by atoms with Gasteiger partial charge in [-0.1, -0.05) is 60.1 Å². The van der Waals surface area contributed by atoms with Crippen molar-refractivity contribution in [3.05, 3.63) is 88.9 Å². The standard InChI is InChI=1S/C26H28ClN3O4/c27-23-16-22(20-6-8-21(9-7-20)25(31)30-12-14-32-15-13-30)10-11-24(23)34-26(28,29)18-33-17-19-4-2-1-3-5-19/h1-11,16H,12-15,17-18,28-29H2. The van der Waals surface area contributed by atoms with E-state index in [1.807, 2.05) is 60.7 Å². The van der Waals surface area contributed by atoms with Gasteiger partial charge in [-0.3, -0.25) is 16.3 Å². The van der Waals surface area contributed by atoms with E-state index in [1.165, 1.54) is 0 Å². The van der Waals surface area contributed by atoms with Gasteiger partial charge >= 0.3 is 0 Å². The van der Waals surface area contributed by atoms with E-state index in [-0.39, 0.29) is 12.5 Å². The summed E-state index contributed by atoms with van der Waals surface area (Å²) in [5.41, 5.74) is 15.6. The van der Waals surface area contributed by atoms with Gasteiger partial charge in [0.2, 0.25) is 5.85 Å². The molecule has 8 heteroatoms. The molecule has 4 N–H and O–H groups in total. The smallest absolute Gasteiger partial charge is 0.254 e. The highest BCUT2D eigenvalue weighted by Crippen LogP contribution is 2.31. The number of morpholine rings is 1. The second-order valence-electron chi connectivity index (χ2n) is 8.16. The summed E-state index contributed by atoms with van der Waals surface area (Å²) in [4.78, 5) is 14.4. The Labute approximate surface area is 204 Å². The Kier molecular flexibility index (Phi) is 7.82. The monoisotopic (exact) mass is 481 g/mol. The van der Waals surface area contributed by atoms with E-state index < -0.39 is 5.85 Å². The molecule has 178 valence electrons. The SMILES string of the molecule is NC(N)(COCc1ccccc1)Oc1ccc(-c2ccc(C(=O)N3CCOCC3)cc2)cc1Cl. The van der Waals surface area contributed by atoms with Gasteiger partial charge in [-0.05, 0) is 41.0 Å². The van der Waals surface area contributed by atoms with Gasteiger partial charge in [0.15, 0.2) is 0 Å². The van der Waals surface area contributed by atoms with Crippen LogP contribution in [-0.2, 0) is 16.1 Å². The van der Waals surface area contributed by atoms with Crippen LogP contribution in [0.15, 0.2) is 72.8 Å². The molecule has 0 aromatic heterocycles. The first-order valence-electron chi connectivity index (χ1n) is 11.1. The van der Waals surface area contributed by atoms with Gasteiger partial charge in [-0.15, -0.1) is 0 Å².